The zero-order valence-corrected chi connectivity index (χ0v) is 13.2. The largest absolute Gasteiger partial charge is 0.364 e. The van der Waals surface area contributed by atoms with Crippen LogP contribution in [0.2, 0.25) is 0 Å². The number of hydrogen-bond donors (Lipinski definition) is 0. The van der Waals surface area contributed by atoms with Gasteiger partial charge < -0.3 is 4.74 Å². The topological polar surface area (TPSA) is 9.23 Å². The smallest absolute Gasteiger partial charge is 0.0885 e. The van der Waals surface area contributed by atoms with Gasteiger partial charge in [0, 0.05) is 5.41 Å². The molecule has 0 spiro atoms. The van der Waals surface area contributed by atoms with Crippen LogP contribution in [0, 0.1) is 0 Å². The summed E-state index contributed by atoms with van der Waals surface area (Å²) >= 11 is 0. The highest BCUT2D eigenvalue weighted by atomic mass is 16.5. The lowest BCUT2D eigenvalue weighted by molar-refractivity contribution is -0.173. The molecule has 19 heavy (non-hydrogen) atoms. The number of benzene rings is 1. The summed E-state index contributed by atoms with van der Waals surface area (Å²) in [5, 5.41) is 0. The average Bonchev–Trinajstić information content (AvgIpc) is 2.71. The molecule has 1 aromatic carbocycles. The van der Waals surface area contributed by atoms with Gasteiger partial charge in [-0.15, -0.1) is 0 Å². The first-order valence-corrected chi connectivity index (χ1v) is 7.52. The van der Waals surface area contributed by atoms with E-state index in [1.165, 1.54) is 30.4 Å². The standard InChI is InChI=1S/C18H26O/c1-16(2)14-10-12-8-7-9-13(12)11-15(14)17(3,4)19-18(16,5)6/h10-11H,7-9H2,1-6H3. The van der Waals surface area contributed by atoms with E-state index in [2.05, 4.69) is 53.7 Å². The van der Waals surface area contributed by atoms with Crippen molar-refractivity contribution in [2.45, 2.75) is 77.4 Å². The van der Waals surface area contributed by atoms with Gasteiger partial charge >= 0.3 is 0 Å². The molecule has 0 radical (unpaired) electrons. The van der Waals surface area contributed by atoms with Crippen LogP contribution >= 0.6 is 0 Å². The Morgan fingerprint density at radius 1 is 0.842 bits per heavy atom. The van der Waals surface area contributed by atoms with Gasteiger partial charge in [-0.05, 0) is 69.2 Å². The minimum atomic E-state index is -0.189. The van der Waals surface area contributed by atoms with Gasteiger partial charge in [0.2, 0.25) is 0 Å². The second kappa shape index (κ2) is 3.63. The molecule has 0 atom stereocenters. The van der Waals surface area contributed by atoms with Crippen LogP contribution in [0.25, 0.3) is 0 Å². The highest BCUT2D eigenvalue weighted by Crippen LogP contribution is 2.51. The molecule has 0 aromatic heterocycles. The molecule has 0 bridgehead atoms. The highest BCUT2D eigenvalue weighted by molar-refractivity contribution is 5.49. The second-order valence-corrected chi connectivity index (χ2v) is 7.77. The molecule has 3 rings (SSSR count). The van der Waals surface area contributed by atoms with Crippen LogP contribution in [0.4, 0.5) is 0 Å². The molecule has 0 amide bonds. The van der Waals surface area contributed by atoms with Crippen molar-refractivity contribution < 1.29 is 4.74 Å². The van der Waals surface area contributed by atoms with Crippen LogP contribution in [-0.4, -0.2) is 5.60 Å². The van der Waals surface area contributed by atoms with Gasteiger partial charge in [0.05, 0.1) is 11.2 Å². The minimum absolute atomic E-state index is 0.0511. The number of hydrogen-bond acceptors (Lipinski definition) is 1. The summed E-state index contributed by atoms with van der Waals surface area (Å²) in [5.74, 6) is 0. The predicted octanol–water partition coefficient (Wildman–Crippen LogP) is 4.50. The van der Waals surface area contributed by atoms with Gasteiger partial charge in [-0.25, -0.2) is 0 Å². The Kier molecular flexibility index (Phi) is 2.52. The summed E-state index contributed by atoms with van der Waals surface area (Å²) < 4.78 is 6.46. The van der Waals surface area contributed by atoms with E-state index in [4.69, 9.17) is 4.74 Å². The number of aryl methyl sites for hydroxylation is 2. The van der Waals surface area contributed by atoms with E-state index < -0.39 is 0 Å². The fraction of sp³-hybridized carbons (Fsp3) is 0.667. The van der Waals surface area contributed by atoms with Gasteiger partial charge in [0.1, 0.15) is 0 Å². The lowest BCUT2D eigenvalue weighted by Gasteiger charge is -2.53. The highest BCUT2D eigenvalue weighted by Gasteiger charge is 2.50. The first kappa shape index (κ1) is 13.2. The summed E-state index contributed by atoms with van der Waals surface area (Å²) in [6.07, 6.45) is 3.80. The molecule has 1 aliphatic heterocycles. The minimum Gasteiger partial charge on any atom is -0.364 e. The molecule has 1 aromatic rings. The predicted molar refractivity (Wildman–Crippen MR) is 79.7 cm³/mol. The molecule has 1 heteroatoms. The first-order chi connectivity index (χ1) is 8.65. The van der Waals surface area contributed by atoms with E-state index in [1.807, 2.05) is 0 Å². The Balaban J connectivity index is 2.28. The third kappa shape index (κ3) is 1.71. The van der Waals surface area contributed by atoms with Crippen LogP contribution in [0.1, 0.15) is 70.2 Å². The fourth-order valence-electron chi connectivity index (χ4n) is 3.78. The van der Waals surface area contributed by atoms with Crippen molar-refractivity contribution in [3.8, 4) is 0 Å². The van der Waals surface area contributed by atoms with Crippen LogP contribution in [-0.2, 0) is 28.6 Å². The Bertz CT molecular complexity index is 535. The van der Waals surface area contributed by atoms with Crippen molar-refractivity contribution in [2.75, 3.05) is 0 Å². The van der Waals surface area contributed by atoms with Crippen molar-refractivity contribution >= 4 is 0 Å². The fourth-order valence-corrected chi connectivity index (χ4v) is 3.78. The Hall–Kier alpha value is -0.820. The molecule has 1 heterocycles. The first-order valence-electron chi connectivity index (χ1n) is 7.52. The summed E-state index contributed by atoms with van der Waals surface area (Å²) in [6, 6.07) is 4.90. The maximum atomic E-state index is 6.46. The molecule has 1 aliphatic carbocycles. The second-order valence-electron chi connectivity index (χ2n) is 7.77. The van der Waals surface area contributed by atoms with Crippen LogP contribution in [0.5, 0.6) is 0 Å². The van der Waals surface area contributed by atoms with Crippen molar-refractivity contribution in [1.82, 2.24) is 0 Å². The Labute approximate surface area is 117 Å². The molecule has 1 nitrogen and oxygen atoms in total. The Morgan fingerprint density at radius 3 is 1.95 bits per heavy atom. The molecule has 2 aliphatic rings. The van der Waals surface area contributed by atoms with E-state index >= 15 is 0 Å². The van der Waals surface area contributed by atoms with Gasteiger partial charge in [-0.1, -0.05) is 26.0 Å². The SMILES string of the molecule is CC1(C)OC(C)(C)C(C)(C)c2cc3c(cc21)CCC3. The number of rotatable bonds is 0. The van der Waals surface area contributed by atoms with Crippen molar-refractivity contribution in [3.63, 3.8) is 0 Å². The lowest BCUT2D eigenvalue weighted by atomic mass is 9.65. The maximum Gasteiger partial charge on any atom is 0.0885 e. The zero-order chi connectivity index (χ0) is 14.1. The molecule has 0 saturated heterocycles. The molecule has 0 fully saturated rings. The van der Waals surface area contributed by atoms with Crippen LogP contribution in [0.3, 0.4) is 0 Å². The van der Waals surface area contributed by atoms with E-state index in [0.717, 1.165) is 0 Å². The van der Waals surface area contributed by atoms with Crippen molar-refractivity contribution in [1.29, 1.82) is 0 Å². The summed E-state index contributed by atoms with van der Waals surface area (Å²) in [6.45, 7) is 13.5. The lowest BCUT2D eigenvalue weighted by Crippen LogP contribution is -2.54. The van der Waals surface area contributed by atoms with E-state index in [-0.39, 0.29) is 16.6 Å². The summed E-state index contributed by atoms with van der Waals surface area (Å²) in [7, 11) is 0. The average molecular weight is 258 g/mol. The zero-order valence-electron chi connectivity index (χ0n) is 13.2. The normalized spacial score (nSPS) is 25.8. The maximum absolute atomic E-state index is 6.46. The van der Waals surface area contributed by atoms with Crippen molar-refractivity contribution in [3.05, 3.63) is 34.4 Å². The molecular formula is C18H26O. The van der Waals surface area contributed by atoms with E-state index in [9.17, 15) is 0 Å². The Morgan fingerprint density at radius 2 is 1.37 bits per heavy atom. The summed E-state index contributed by atoms with van der Waals surface area (Å²) in [4.78, 5) is 0. The van der Waals surface area contributed by atoms with E-state index in [0.29, 0.717) is 0 Å². The molecule has 104 valence electrons. The molecule has 0 unspecified atom stereocenters. The van der Waals surface area contributed by atoms with Gasteiger partial charge in [0.15, 0.2) is 0 Å². The number of fused-ring (bicyclic) bond motifs is 2. The molecular weight excluding hydrogens is 232 g/mol. The molecule has 0 N–H and O–H groups in total. The van der Waals surface area contributed by atoms with Crippen molar-refractivity contribution in [2.24, 2.45) is 0 Å². The van der Waals surface area contributed by atoms with E-state index in [1.54, 1.807) is 11.1 Å². The molecule has 0 saturated carbocycles. The third-order valence-electron chi connectivity index (χ3n) is 5.57. The monoisotopic (exact) mass is 258 g/mol. The number of ether oxygens (including phenoxy) is 1. The van der Waals surface area contributed by atoms with Gasteiger partial charge in [-0.2, -0.15) is 0 Å². The van der Waals surface area contributed by atoms with Crippen LogP contribution in [0.15, 0.2) is 12.1 Å². The van der Waals surface area contributed by atoms with Crippen LogP contribution < -0.4 is 0 Å². The van der Waals surface area contributed by atoms with Gasteiger partial charge in [-0.3, -0.25) is 0 Å². The van der Waals surface area contributed by atoms with Gasteiger partial charge in [0.25, 0.3) is 0 Å². The summed E-state index contributed by atoms with van der Waals surface area (Å²) in [5.41, 5.74) is 5.73. The third-order valence-corrected chi connectivity index (χ3v) is 5.57. The quantitative estimate of drug-likeness (QED) is 0.666.